The van der Waals surface area contributed by atoms with Gasteiger partial charge < -0.3 is 15.0 Å². The first-order chi connectivity index (χ1) is 10.7. The quantitative estimate of drug-likeness (QED) is 0.885. The highest BCUT2D eigenvalue weighted by Gasteiger charge is 2.33. The van der Waals surface area contributed by atoms with Gasteiger partial charge in [0.05, 0.1) is 6.20 Å². The van der Waals surface area contributed by atoms with E-state index in [1.165, 1.54) is 11.3 Å². The molecule has 5 nitrogen and oxygen atoms in total. The lowest BCUT2D eigenvalue weighted by Gasteiger charge is -2.39. The predicted molar refractivity (Wildman–Crippen MR) is 94.0 cm³/mol. The summed E-state index contributed by atoms with van der Waals surface area (Å²) in [4.78, 5) is 18.2. The Hall–Kier alpha value is -0.850. The van der Waals surface area contributed by atoms with E-state index < -0.39 is 5.60 Å². The van der Waals surface area contributed by atoms with Crippen molar-refractivity contribution in [2.75, 3.05) is 19.6 Å². The van der Waals surface area contributed by atoms with E-state index in [0.29, 0.717) is 0 Å². The minimum atomic E-state index is -0.436. The Morgan fingerprint density at radius 1 is 1.48 bits per heavy atom. The molecule has 1 N–H and O–H groups in total. The summed E-state index contributed by atoms with van der Waals surface area (Å²) in [5.41, 5.74) is -0.242. The maximum atomic E-state index is 12.1. The highest BCUT2D eigenvalue weighted by molar-refractivity contribution is 7.15. The second-order valence-electron chi connectivity index (χ2n) is 7.44. The summed E-state index contributed by atoms with van der Waals surface area (Å²) in [6, 6.07) is 0. The highest BCUT2D eigenvalue weighted by Crippen LogP contribution is 2.31. The molecule has 0 spiro atoms. The predicted octanol–water partition coefficient (Wildman–Crippen LogP) is 3.92. The number of hydrogen-bond donors (Lipinski definition) is 1. The van der Waals surface area contributed by atoms with Crippen LogP contribution in [0.5, 0.6) is 0 Å². The molecule has 0 radical (unpaired) electrons. The lowest BCUT2D eigenvalue weighted by Crippen LogP contribution is -2.47. The maximum absolute atomic E-state index is 12.1. The van der Waals surface area contributed by atoms with E-state index in [-0.39, 0.29) is 11.5 Å². The van der Waals surface area contributed by atoms with Crippen LogP contribution < -0.4 is 5.32 Å². The van der Waals surface area contributed by atoms with E-state index in [1.54, 1.807) is 6.20 Å². The fourth-order valence-electron chi connectivity index (χ4n) is 2.57. The van der Waals surface area contributed by atoms with Gasteiger partial charge in [-0.05, 0) is 39.0 Å². The fraction of sp³-hybridized carbons (Fsp3) is 0.750. The minimum absolute atomic E-state index is 0.194. The van der Waals surface area contributed by atoms with Gasteiger partial charge in [0.2, 0.25) is 0 Å². The van der Waals surface area contributed by atoms with Crippen molar-refractivity contribution in [3.63, 3.8) is 0 Å². The molecule has 1 aromatic heterocycles. The largest absolute Gasteiger partial charge is 0.444 e. The summed E-state index contributed by atoms with van der Waals surface area (Å²) in [6.45, 7) is 11.1. The smallest absolute Gasteiger partial charge is 0.410 e. The van der Waals surface area contributed by atoms with Crippen LogP contribution >= 0.6 is 22.9 Å². The van der Waals surface area contributed by atoms with Crippen LogP contribution in [0, 0.1) is 5.41 Å². The van der Waals surface area contributed by atoms with Crippen LogP contribution in [0.15, 0.2) is 6.20 Å². The van der Waals surface area contributed by atoms with Crippen molar-refractivity contribution in [1.29, 1.82) is 0 Å². The third-order valence-electron chi connectivity index (χ3n) is 3.98. The third kappa shape index (κ3) is 5.94. The molecule has 1 aliphatic heterocycles. The molecule has 1 amide bonds. The molecule has 1 saturated heterocycles. The maximum Gasteiger partial charge on any atom is 0.410 e. The van der Waals surface area contributed by atoms with E-state index >= 15 is 0 Å². The lowest BCUT2D eigenvalue weighted by atomic mass is 9.80. The summed E-state index contributed by atoms with van der Waals surface area (Å²) < 4.78 is 6.16. The van der Waals surface area contributed by atoms with E-state index in [0.717, 1.165) is 48.4 Å². The van der Waals surface area contributed by atoms with Crippen molar-refractivity contribution >= 4 is 29.0 Å². The van der Waals surface area contributed by atoms with Crippen LogP contribution in [-0.4, -0.2) is 41.2 Å². The molecular formula is C16H26ClN3O2S. The first kappa shape index (κ1) is 18.5. The van der Waals surface area contributed by atoms with Gasteiger partial charge in [-0.1, -0.05) is 18.5 Å². The minimum Gasteiger partial charge on any atom is -0.444 e. The summed E-state index contributed by atoms with van der Waals surface area (Å²) in [5.74, 6) is 0. The Kier molecular flexibility index (Phi) is 5.92. The zero-order valence-electron chi connectivity index (χ0n) is 14.3. The zero-order chi connectivity index (χ0) is 17.1. The number of halogens is 1. The van der Waals surface area contributed by atoms with Crippen LogP contribution in [0.3, 0.4) is 0 Å². The molecule has 1 aliphatic rings. The van der Waals surface area contributed by atoms with Gasteiger partial charge >= 0.3 is 6.09 Å². The summed E-state index contributed by atoms with van der Waals surface area (Å²) >= 11 is 7.39. The fourth-order valence-corrected chi connectivity index (χ4v) is 3.50. The number of hydrogen-bond acceptors (Lipinski definition) is 5. The highest BCUT2D eigenvalue weighted by atomic mass is 35.5. The molecule has 0 atom stereocenters. The van der Waals surface area contributed by atoms with Gasteiger partial charge in [0.15, 0.2) is 0 Å². The molecule has 130 valence electrons. The molecule has 0 aliphatic carbocycles. The first-order valence-corrected chi connectivity index (χ1v) is 9.15. The Morgan fingerprint density at radius 2 is 2.13 bits per heavy atom. The number of thiazole rings is 1. The van der Waals surface area contributed by atoms with Crippen molar-refractivity contribution in [2.24, 2.45) is 5.41 Å². The lowest BCUT2D eigenvalue weighted by molar-refractivity contribution is 0.0119. The molecule has 7 heteroatoms. The summed E-state index contributed by atoms with van der Waals surface area (Å²) in [5, 5.41) is 4.47. The Bertz CT molecular complexity index is 534. The van der Waals surface area contributed by atoms with Crippen LogP contribution in [0.1, 0.15) is 45.5 Å². The molecule has 2 rings (SSSR count). The topological polar surface area (TPSA) is 54.5 Å². The normalized spacial score (nSPS) is 18.0. The summed E-state index contributed by atoms with van der Waals surface area (Å²) in [7, 11) is 0. The van der Waals surface area contributed by atoms with Gasteiger partial charge in [0.25, 0.3) is 0 Å². The number of aromatic nitrogens is 1. The van der Waals surface area contributed by atoms with Crippen LogP contribution in [0.4, 0.5) is 4.79 Å². The average molecular weight is 360 g/mol. The van der Waals surface area contributed by atoms with Crippen LogP contribution in [-0.2, 0) is 11.3 Å². The molecule has 23 heavy (non-hydrogen) atoms. The number of amides is 1. The van der Waals surface area contributed by atoms with Gasteiger partial charge in [-0.2, -0.15) is 0 Å². The zero-order valence-corrected chi connectivity index (χ0v) is 15.9. The van der Waals surface area contributed by atoms with Crippen molar-refractivity contribution in [2.45, 2.75) is 52.7 Å². The number of carbonyl (C=O) groups excluding carboxylic acids is 1. The second-order valence-corrected chi connectivity index (χ2v) is 9.19. The van der Waals surface area contributed by atoms with Gasteiger partial charge in [-0.25, -0.2) is 9.78 Å². The summed E-state index contributed by atoms with van der Waals surface area (Å²) in [6.07, 6.45) is 3.42. The molecule has 1 fully saturated rings. The number of rotatable bonds is 4. The van der Waals surface area contributed by atoms with Crippen molar-refractivity contribution < 1.29 is 9.53 Å². The van der Waals surface area contributed by atoms with Gasteiger partial charge in [-0.3, -0.25) is 0 Å². The number of piperidine rings is 1. The Labute approximate surface area is 147 Å². The average Bonchev–Trinajstić information content (AvgIpc) is 2.83. The van der Waals surface area contributed by atoms with E-state index in [9.17, 15) is 4.79 Å². The Balaban J connectivity index is 1.74. The standard InChI is InChI=1S/C16H26ClN3O2S/c1-15(2,3)22-14(21)20-7-5-16(4,6-8-20)11-18-10-13-19-9-12(17)23-13/h9,18H,5-8,10-11H2,1-4H3. The number of likely N-dealkylation sites (tertiary alicyclic amines) is 1. The molecule has 0 unspecified atom stereocenters. The van der Waals surface area contributed by atoms with Crippen molar-refractivity contribution in [3.8, 4) is 0 Å². The number of carbonyl (C=O) groups is 1. The third-order valence-corrected chi connectivity index (χ3v) is 5.09. The SMILES string of the molecule is CC1(CNCc2ncc(Cl)s2)CCN(C(=O)OC(C)(C)C)CC1. The van der Waals surface area contributed by atoms with Gasteiger partial charge in [0, 0.05) is 26.2 Å². The Morgan fingerprint density at radius 3 is 2.65 bits per heavy atom. The van der Waals surface area contributed by atoms with E-state index in [4.69, 9.17) is 16.3 Å². The van der Waals surface area contributed by atoms with Crippen molar-refractivity contribution in [1.82, 2.24) is 15.2 Å². The second kappa shape index (κ2) is 7.36. The molecular weight excluding hydrogens is 334 g/mol. The first-order valence-electron chi connectivity index (χ1n) is 7.96. The van der Waals surface area contributed by atoms with Gasteiger partial charge in [-0.15, -0.1) is 11.3 Å². The van der Waals surface area contributed by atoms with E-state index in [1.807, 2.05) is 25.7 Å². The van der Waals surface area contributed by atoms with Gasteiger partial charge in [0.1, 0.15) is 14.9 Å². The molecule has 1 aromatic rings. The monoisotopic (exact) mass is 359 g/mol. The molecule has 2 heterocycles. The molecule has 0 saturated carbocycles. The van der Waals surface area contributed by atoms with Crippen LogP contribution in [0.25, 0.3) is 0 Å². The van der Waals surface area contributed by atoms with E-state index in [2.05, 4.69) is 17.2 Å². The molecule has 0 aromatic carbocycles. The number of nitrogens with one attached hydrogen (secondary N) is 1. The molecule has 0 bridgehead atoms. The number of nitrogens with zero attached hydrogens (tertiary/aromatic N) is 2. The number of ether oxygens (including phenoxy) is 1. The van der Waals surface area contributed by atoms with Crippen molar-refractivity contribution in [3.05, 3.63) is 15.5 Å². The van der Waals surface area contributed by atoms with Crippen LogP contribution in [0.2, 0.25) is 4.34 Å².